The molecule has 19 heavy (non-hydrogen) atoms. The molecule has 11 heteroatoms. The van der Waals surface area contributed by atoms with Gasteiger partial charge < -0.3 is 9.85 Å². The smallest absolute Gasteiger partial charge is 0.423 e. The Kier molecular flexibility index (Phi) is 5.69. The third-order valence-corrected chi connectivity index (χ3v) is 3.65. The van der Waals surface area contributed by atoms with Crippen LogP contribution in [-0.4, -0.2) is 58.1 Å². The first-order valence-corrected chi connectivity index (χ1v) is 6.60. The van der Waals surface area contributed by atoms with Crippen molar-refractivity contribution in [1.82, 2.24) is 4.72 Å². The van der Waals surface area contributed by atoms with Crippen LogP contribution in [0.25, 0.3) is 0 Å². The number of rotatable bonds is 8. The minimum Gasteiger partial charge on any atom is -0.633 e. The SMILES string of the molecule is C[N+](C)([O-])CCCNS(=O)(=O)C(F)(F)C(F)(F)CF. The highest BCUT2D eigenvalue weighted by atomic mass is 32.2. The molecule has 0 bridgehead atoms. The van der Waals surface area contributed by atoms with Gasteiger partial charge in [-0.2, -0.15) is 17.6 Å². The molecule has 0 saturated carbocycles. The van der Waals surface area contributed by atoms with E-state index in [-0.39, 0.29) is 13.0 Å². The predicted molar refractivity (Wildman–Crippen MR) is 57.8 cm³/mol. The Morgan fingerprint density at radius 2 is 1.68 bits per heavy atom. The largest absolute Gasteiger partial charge is 0.633 e. The summed E-state index contributed by atoms with van der Waals surface area (Å²) >= 11 is 0. The quantitative estimate of drug-likeness (QED) is 0.315. The number of sulfonamides is 1. The zero-order valence-electron chi connectivity index (χ0n) is 10.3. The van der Waals surface area contributed by atoms with Crippen LogP contribution in [0, 0.1) is 5.21 Å². The second-order valence-electron chi connectivity index (χ2n) is 4.40. The van der Waals surface area contributed by atoms with Crippen molar-refractivity contribution in [3.8, 4) is 0 Å². The zero-order valence-corrected chi connectivity index (χ0v) is 11.1. The Balaban J connectivity index is 4.65. The number of hydrogen-bond acceptors (Lipinski definition) is 3. The topological polar surface area (TPSA) is 69.2 Å². The van der Waals surface area contributed by atoms with E-state index >= 15 is 0 Å². The van der Waals surface area contributed by atoms with E-state index < -0.39 is 39.1 Å². The van der Waals surface area contributed by atoms with Crippen molar-refractivity contribution in [1.29, 1.82) is 0 Å². The number of hydroxylamine groups is 3. The van der Waals surface area contributed by atoms with Crippen molar-refractivity contribution in [2.45, 2.75) is 17.6 Å². The maximum atomic E-state index is 12.9. The molecule has 0 unspecified atom stereocenters. The van der Waals surface area contributed by atoms with Crippen molar-refractivity contribution in [3.05, 3.63) is 5.21 Å². The Morgan fingerprint density at radius 1 is 1.21 bits per heavy atom. The minimum absolute atomic E-state index is 0.104. The van der Waals surface area contributed by atoms with Crippen molar-refractivity contribution in [3.63, 3.8) is 0 Å². The highest BCUT2D eigenvalue weighted by Crippen LogP contribution is 2.38. The number of hydrogen-bond donors (Lipinski definition) is 1. The first-order chi connectivity index (χ1) is 8.27. The zero-order chi connectivity index (χ0) is 15.5. The van der Waals surface area contributed by atoms with Crippen molar-refractivity contribution in [2.75, 3.05) is 33.9 Å². The third kappa shape index (κ3) is 4.82. The number of quaternary nitrogens is 1. The first-order valence-electron chi connectivity index (χ1n) is 5.12. The van der Waals surface area contributed by atoms with Gasteiger partial charge >= 0.3 is 11.2 Å². The van der Waals surface area contributed by atoms with Crippen LogP contribution in [0.4, 0.5) is 22.0 Å². The van der Waals surface area contributed by atoms with Gasteiger partial charge in [0, 0.05) is 13.0 Å². The molecule has 0 fully saturated rings. The lowest BCUT2D eigenvalue weighted by Gasteiger charge is -2.33. The molecule has 0 aromatic heterocycles. The van der Waals surface area contributed by atoms with E-state index in [9.17, 15) is 35.6 Å². The molecule has 0 heterocycles. The summed E-state index contributed by atoms with van der Waals surface area (Å²) in [6.45, 7) is -3.52. The van der Waals surface area contributed by atoms with Gasteiger partial charge in [0.2, 0.25) is 0 Å². The van der Waals surface area contributed by atoms with Crippen LogP contribution in [0.2, 0.25) is 0 Å². The molecular weight excluding hydrogens is 299 g/mol. The summed E-state index contributed by atoms with van der Waals surface area (Å²) in [5, 5.41) is 5.51. The van der Waals surface area contributed by atoms with E-state index in [1.807, 2.05) is 0 Å². The molecule has 5 nitrogen and oxygen atoms in total. The van der Waals surface area contributed by atoms with Gasteiger partial charge in [0.15, 0.2) is 6.67 Å². The van der Waals surface area contributed by atoms with Gasteiger partial charge in [0.25, 0.3) is 10.0 Å². The molecular formula is C8H15F5N2O3S. The van der Waals surface area contributed by atoms with Gasteiger partial charge in [-0.05, 0) is 0 Å². The molecule has 0 amide bonds. The monoisotopic (exact) mass is 314 g/mol. The molecule has 0 atom stereocenters. The summed E-state index contributed by atoms with van der Waals surface area (Å²) < 4.78 is 85.1. The highest BCUT2D eigenvalue weighted by molar-refractivity contribution is 7.90. The Morgan fingerprint density at radius 3 is 2.05 bits per heavy atom. The molecule has 0 aromatic carbocycles. The van der Waals surface area contributed by atoms with E-state index in [4.69, 9.17) is 0 Å². The fourth-order valence-corrected chi connectivity index (χ4v) is 2.07. The summed E-state index contributed by atoms with van der Waals surface area (Å²) in [6, 6.07) is 0. The number of halogens is 5. The van der Waals surface area contributed by atoms with Crippen molar-refractivity contribution >= 4 is 10.0 Å². The van der Waals surface area contributed by atoms with Crippen LogP contribution in [-0.2, 0) is 10.0 Å². The standard InChI is InChI=1S/C8H15F5N2O3S/c1-15(2,16)5-3-4-14-19(17,18)8(12,13)7(10,11)6-9/h14H,3-6H2,1-2H3. The fourth-order valence-electron chi connectivity index (χ4n) is 1.03. The second kappa shape index (κ2) is 5.85. The Bertz CT molecular complexity index is 394. The molecule has 0 aliphatic carbocycles. The highest BCUT2D eigenvalue weighted by Gasteiger charge is 2.65. The molecule has 0 radical (unpaired) electrons. The summed E-state index contributed by atoms with van der Waals surface area (Å²) in [5.74, 6) is -5.31. The van der Waals surface area contributed by atoms with Crippen LogP contribution in [0.1, 0.15) is 6.42 Å². The second-order valence-corrected chi connectivity index (χ2v) is 6.21. The van der Waals surface area contributed by atoms with E-state index in [1.165, 1.54) is 18.8 Å². The van der Waals surface area contributed by atoms with Crippen molar-refractivity contribution in [2.24, 2.45) is 0 Å². The van der Waals surface area contributed by atoms with Gasteiger partial charge in [0.05, 0.1) is 20.6 Å². The lowest BCUT2D eigenvalue weighted by atomic mass is 10.4. The Labute approximate surface area is 107 Å². The lowest BCUT2D eigenvalue weighted by molar-refractivity contribution is -0.840. The molecule has 0 aliphatic heterocycles. The molecule has 0 spiro atoms. The van der Waals surface area contributed by atoms with Gasteiger partial charge in [-0.3, -0.25) is 0 Å². The maximum Gasteiger partial charge on any atom is 0.423 e. The summed E-state index contributed by atoms with van der Waals surface area (Å²) in [5.41, 5.74) is 0. The third-order valence-electron chi connectivity index (χ3n) is 2.10. The number of alkyl halides is 5. The average Bonchev–Trinajstić information content (AvgIpc) is 2.22. The van der Waals surface area contributed by atoms with Gasteiger partial charge in [0.1, 0.15) is 0 Å². The molecule has 0 saturated heterocycles. The normalized spacial score (nSPS) is 14.7. The van der Waals surface area contributed by atoms with E-state index in [2.05, 4.69) is 0 Å². The van der Waals surface area contributed by atoms with E-state index in [0.717, 1.165) is 0 Å². The van der Waals surface area contributed by atoms with Crippen LogP contribution < -0.4 is 4.72 Å². The average molecular weight is 314 g/mol. The maximum absolute atomic E-state index is 12.9. The number of nitrogens with zero attached hydrogens (tertiary/aromatic N) is 1. The van der Waals surface area contributed by atoms with Crippen LogP contribution in [0.5, 0.6) is 0 Å². The van der Waals surface area contributed by atoms with Crippen LogP contribution in [0.3, 0.4) is 0 Å². The molecule has 0 aliphatic rings. The number of nitrogens with one attached hydrogen (secondary N) is 1. The minimum atomic E-state index is -5.73. The van der Waals surface area contributed by atoms with Gasteiger partial charge in [-0.1, -0.05) is 0 Å². The van der Waals surface area contributed by atoms with Gasteiger partial charge in [-0.25, -0.2) is 17.5 Å². The molecule has 0 rings (SSSR count). The first kappa shape index (κ1) is 18.5. The van der Waals surface area contributed by atoms with Gasteiger partial charge in [-0.15, -0.1) is 0 Å². The summed E-state index contributed by atoms with van der Waals surface area (Å²) in [6.07, 6.45) is -0.132. The Hall–Kier alpha value is -0.520. The lowest BCUT2D eigenvalue weighted by Crippen LogP contribution is -2.53. The van der Waals surface area contributed by atoms with Crippen molar-refractivity contribution < 1.29 is 35.0 Å². The van der Waals surface area contributed by atoms with E-state index in [0.29, 0.717) is 0 Å². The fraction of sp³-hybridized carbons (Fsp3) is 1.00. The van der Waals surface area contributed by atoms with Crippen LogP contribution in [0.15, 0.2) is 0 Å². The predicted octanol–water partition coefficient (Wildman–Crippen LogP) is 1.07. The molecule has 1 N–H and O–H groups in total. The van der Waals surface area contributed by atoms with E-state index in [1.54, 1.807) is 0 Å². The molecule has 116 valence electrons. The summed E-state index contributed by atoms with van der Waals surface area (Å²) in [7, 11) is -3.26. The summed E-state index contributed by atoms with van der Waals surface area (Å²) in [4.78, 5) is 0. The molecule has 0 aromatic rings. The van der Waals surface area contributed by atoms with Crippen LogP contribution >= 0.6 is 0 Å².